The molecule has 1 heterocycles. The normalized spacial score (nSPS) is 11.2. The fourth-order valence-corrected chi connectivity index (χ4v) is 2.75. The Kier molecular flexibility index (Phi) is 5.66. The number of nitrogens with zero attached hydrogens (tertiary/aromatic N) is 2. The van der Waals surface area contributed by atoms with E-state index < -0.39 is 27.0 Å². The molecule has 12 heteroatoms. The summed E-state index contributed by atoms with van der Waals surface area (Å²) in [5, 5.41) is 11.4. The van der Waals surface area contributed by atoms with Gasteiger partial charge in [0.1, 0.15) is 10.1 Å². The van der Waals surface area contributed by atoms with E-state index in [2.05, 4.69) is 25.5 Å². The summed E-state index contributed by atoms with van der Waals surface area (Å²) in [5.74, 6) is -0.468. The molecule has 134 valence electrons. The first-order chi connectivity index (χ1) is 11.7. The summed E-state index contributed by atoms with van der Waals surface area (Å²) in [6, 6.07) is 3.90. The van der Waals surface area contributed by atoms with Crippen molar-refractivity contribution in [2.45, 2.75) is 24.8 Å². The van der Waals surface area contributed by atoms with Crippen LogP contribution in [0, 0.1) is 0 Å². The standard InChI is InChI=1S/C13H15N5O5S2/c1-7(2)14-11(19)10-12(24-18-17-10)16-13(20)15-8-3-5-9(6-4-8)25(21,22)23/h3-7H,1-2H3,(H,14,19)(H2,15,16,20)(H,21,22,23)/p-1. The molecule has 0 fully saturated rings. The van der Waals surface area contributed by atoms with E-state index in [-0.39, 0.29) is 22.4 Å². The van der Waals surface area contributed by atoms with Gasteiger partial charge in [-0.05, 0) is 38.1 Å². The lowest BCUT2D eigenvalue weighted by Gasteiger charge is -2.10. The monoisotopic (exact) mass is 384 g/mol. The van der Waals surface area contributed by atoms with Gasteiger partial charge in [0.05, 0.1) is 4.90 Å². The van der Waals surface area contributed by atoms with E-state index in [0.717, 1.165) is 23.7 Å². The molecule has 0 saturated heterocycles. The Balaban J connectivity index is 2.04. The average molecular weight is 384 g/mol. The van der Waals surface area contributed by atoms with Crippen molar-refractivity contribution >= 4 is 44.3 Å². The first-order valence-electron chi connectivity index (χ1n) is 6.94. The Morgan fingerprint density at radius 1 is 1.16 bits per heavy atom. The van der Waals surface area contributed by atoms with Gasteiger partial charge in [0, 0.05) is 23.3 Å². The third-order valence-electron chi connectivity index (χ3n) is 2.75. The number of anilines is 2. The first kappa shape index (κ1) is 18.8. The average Bonchev–Trinajstić information content (AvgIpc) is 2.94. The summed E-state index contributed by atoms with van der Waals surface area (Å²) < 4.78 is 36.2. The van der Waals surface area contributed by atoms with E-state index in [1.165, 1.54) is 12.1 Å². The van der Waals surface area contributed by atoms with Crippen molar-refractivity contribution in [3.05, 3.63) is 30.0 Å². The van der Waals surface area contributed by atoms with Crippen LogP contribution in [0.3, 0.4) is 0 Å². The number of carbonyl (C=O) groups is 2. The molecule has 2 rings (SSSR count). The molecule has 0 spiro atoms. The summed E-state index contributed by atoms with van der Waals surface area (Å²) in [4.78, 5) is 23.5. The van der Waals surface area contributed by atoms with E-state index in [1.807, 2.05) is 0 Å². The second-order valence-electron chi connectivity index (χ2n) is 5.14. The molecule has 1 aromatic heterocycles. The van der Waals surface area contributed by atoms with Crippen LogP contribution in [-0.2, 0) is 10.1 Å². The molecule has 10 nitrogen and oxygen atoms in total. The van der Waals surface area contributed by atoms with Crippen LogP contribution in [0.15, 0.2) is 29.2 Å². The number of hydrogen-bond acceptors (Lipinski definition) is 8. The van der Waals surface area contributed by atoms with Crippen LogP contribution >= 0.6 is 11.5 Å². The molecule has 0 aliphatic carbocycles. The van der Waals surface area contributed by atoms with E-state index in [1.54, 1.807) is 13.8 Å². The minimum atomic E-state index is -4.55. The van der Waals surface area contributed by atoms with Crippen molar-refractivity contribution in [2.24, 2.45) is 0 Å². The molecule has 0 aliphatic rings. The van der Waals surface area contributed by atoms with Gasteiger partial charge in [-0.15, -0.1) is 5.10 Å². The lowest BCUT2D eigenvalue weighted by Crippen LogP contribution is -2.31. The molecule has 1 aromatic carbocycles. The predicted octanol–water partition coefficient (Wildman–Crippen LogP) is 1.22. The van der Waals surface area contributed by atoms with Crippen molar-refractivity contribution in [3.8, 4) is 0 Å². The maximum atomic E-state index is 12.0. The summed E-state index contributed by atoms with van der Waals surface area (Å²) >= 11 is 0.835. The molecule has 25 heavy (non-hydrogen) atoms. The molecule has 0 aliphatic heterocycles. The Hall–Kier alpha value is -2.57. The highest BCUT2D eigenvalue weighted by Crippen LogP contribution is 2.19. The molecule has 3 amide bonds. The smallest absolute Gasteiger partial charge is 0.324 e. The van der Waals surface area contributed by atoms with Gasteiger partial charge in [0.2, 0.25) is 0 Å². The minimum absolute atomic E-state index is 0.0124. The van der Waals surface area contributed by atoms with Crippen LogP contribution < -0.4 is 16.0 Å². The number of carbonyl (C=O) groups excluding carboxylic acids is 2. The second-order valence-corrected chi connectivity index (χ2v) is 7.27. The van der Waals surface area contributed by atoms with Crippen LogP contribution in [0.2, 0.25) is 0 Å². The molecule has 3 N–H and O–H groups in total. The number of benzene rings is 1. The van der Waals surface area contributed by atoms with Crippen LogP contribution in [0.4, 0.5) is 15.5 Å². The number of hydrogen-bond donors (Lipinski definition) is 3. The third-order valence-corrected chi connectivity index (χ3v) is 4.24. The number of rotatable bonds is 5. The number of urea groups is 1. The van der Waals surface area contributed by atoms with Gasteiger partial charge < -0.3 is 15.2 Å². The van der Waals surface area contributed by atoms with Crippen LogP contribution in [0.5, 0.6) is 0 Å². The van der Waals surface area contributed by atoms with Crippen molar-refractivity contribution in [2.75, 3.05) is 10.6 Å². The van der Waals surface area contributed by atoms with Gasteiger partial charge in [-0.2, -0.15) is 0 Å². The maximum Gasteiger partial charge on any atom is 0.324 e. The van der Waals surface area contributed by atoms with Gasteiger partial charge in [-0.3, -0.25) is 10.1 Å². The Labute approximate surface area is 147 Å². The highest BCUT2D eigenvalue weighted by Gasteiger charge is 2.19. The van der Waals surface area contributed by atoms with Crippen LogP contribution in [-0.4, -0.2) is 40.5 Å². The lowest BCUT2D eigenvalue weighted by atomic mass is 10.3. The summed E-state index contributed by atoms with van der Waals surface area (Å²) in [5.41, 5.74) is 0.247. The number of nitrogens with one attached hydrogen (secondary N) is 3. The fourth-order valence-electron chi connectivity index (χ4n) is 1.72. The van der Waals surface area contributed by atoms with Crippen molar-refractivity contribution in [1.29, 1.82) is 0 Å². The molecule has 0 saturated carbocycles. The van der Waals surface area contributed by atoms with Crippen LogP contribution in [0.25, 0.3) is 0 Å². The Morgan fingerprint density at radius 3 is 2.36 bits per heavy atom. The molecule has 0 unspecified atom stereocenters. The van der Waals surface area contributed by atoms with Crippen molar-refractivity contribution in [3.63, 3.8) is 0 Å². The molecular weight excluding hydrogens is 370 g/mol. The molecule has 2 aromatic rings. The topological polar surface area (TPSA) is 153 Å². The fraction of sp³-hybridized carbons (Fsp3) is 0.231. The predicted molar refractivity (Wildman–Crippen MR) is 89.6 cm³/mol. The maximum absolute atomic E-state index is 12.0. The SMILES string of the molecule is CC(C)NC(=O)c1nnsc1NC(=O)Nc1ccc(S(=O)(=O)[O-])cc1. The van der Waals surface area contributed by atoms with Crippen LogP contribution in [0.1, 0.15) is 24.3 Å². The first-order valence-corrected chi connectivity index (χ1v) is 9.12. The third kappa shape index (κ3) is 5.20. The number of aromatic nitrogens is 2. The Bertz CT molecular complexity index is 876. The number of amides is 3. The van der Waals surface area contributed by atoms with E-state index in [0.29, 0.717) is 0 Å². The minimum Gasteiger partial charge on any atom is -0.744 e. The van der Waals surface area contributed by atoms with Gasteiger partial charge >= 0.3 is 6.03 Å². The van der Waals surface area contributed by atoms with Crippen molar-refractivity contribution in [1.82, 2.24) is 14.9 Å². The van der Waals surface area contributed by atoms with Gasteiger partial charge in [0.25, 0.3) is 5.91 Å². The van der Waals surface area contributed by atoms with Crippen molar-refractivity contribution < 1.29 is 22.6 Å². The molecule has 0 radical (unpaired) electrons. The summed E-state index contributed by atoms with van der Waals surface area (Å²) in [7, 11) is -4.55. The quantitative estimate of drug-likeness (QED) is 0.655. The van der Waals surface area contributed by atoms with E-state index >= 15 is 0 Å². The molecule has 0 atom stereocenters. The van der Waals surface area contributed by atoms with Gasteiger partial charge in [0.15, 0.2) is 10.7 Å². The van der Waals surface area contributed by atoms with E-state index in [4.69, 9.17) is 0 Å². The van der Waals surface area contributed by atoms with E-state index in [9.17, 15) is 22.6 Å². The molecule has 0 bridgehead atoms. The summed E-state index contributed by atoms with van der Waals surface area (Å²) in [6.45, 7) is 3.56. The zero-order valence-electron chi connectivity index (χ0n) is 13.1. The highest BCUT2D eigenvalue weighted by molar-refractivity contribution is 7.85. The van der Waals surface area contributed by atoms with Gasteiger partial charge in [-0.1, -0.05) is 4.49 Å². The highest BCUT2D eigenvalue weighted by atomic mass is 32.2. The Morgan fingerprint density at radius 2 is 1.80 bits per heavy atom. The van der Waals surface area contributed by atoms with Gasteiger partial charge in [-0.25, -0.2) is 13.2 Å². The largest absolute Gasteiger partial charge is 0.744 e. The summed E-state index contributed by atoms with van der Waals surface area (Å²) in [6.07, 6.45) is 0. The zero-order valence-corrected chi connectivity index (χ0v) is 14.8. The lowest BCUT2D eigenvalue weighted by molar-refractivity contribution is 0.0939. The second kappa shape index (κ2) is 7.55. The zero-order chi connectivity index (χ0) is 18.6. The molecular formula is C13H14N5O5S2-.